The Hall–Kier alpha value is -1.26. The summed E-state index contributed by atoms with van der Waals surface area (Å²) in [6.07, 6.45) is 2.57. The van der Waals surface area contributed by atoms with Crippen LogP contribution in [0.15, 0.2) is 24.3 Å². The second kappa shape index (κ2) is 8.02. The van der Waals surface area contributed by atoms with Gasteiger partial charge in [0.05, 0.1) is 19.3 Å². The fraction of sp³-hybridized carbons (Fsp3) is 0.600. The van der Waals surface area contributed by atoms with E-state index >= 15 is 0 Å². The Morgan fingerprint density at radius 2 is 1.74 bits per heavy atom. The van der Waals surface area contributed by atoms with Crippen LogP contribution in [0.1, 0.15) is 19.8 Å². The largest absolute Gasteiger partial charge is 0.490 e. The van der Waals surface area contributed by atoms with Crippen LogP contribution in [0, 0.1) is 0 Å². The first-order valence-electron chi connectivity index (χ1n) is 7.07. The van der Waals surface area contributed by atoms with Gasteiger partial charge in [-0.1, -0.05) is 12.1 Å². The molecule has 4 heteroatoms. The van der Waals surface area contributed by atoms with Crippen molar-refractivity contribution in [2.45, 2.75) is 25.9 Å². The summed E-state index contributed by atoms with van der Waals surface area (Å²) in [4.78, 5) is 0. The van der Waals surface area contributed by atoms with Gasteiger partial charge in [0.25, 0.3) is 0 Å². The molecule has 1 aliphatic rings. The molecule has 1 saturated heterocycles. The maximum Gasteiger partial charge on any atom is 0.161 e. The molecular weight excluding hydrogens is 242 g/mol. The number of hydrogen-bond donors (Lipinski definition) is 1. The summed E-state index contributed by atoms with van der Waals surface area (Å²) in [5.74, 6) is 1.59. The average Bonchev–Trinajstić information content (AvgIpc) is 2.47. The first kappa shape index (κ1) is 14.2. The van der Waals surface area contributed by atoms with Crippen LogP contribution in [0.4, 0.5) is 0 Å². The van der Waals surface area contributed by atoms with Gasteiger partial charge in [-0.05, 0) is 45.0 Å². The molecule has 1 aliphatic heterocycles. The van der Waals surface area contributed by atoms with Crippen molar-refractivity contribution in [1.29, 1.82) is 0 Å². The smallest absolute Gasteiger partial charge is 0.161 e. The highest BCUT2D eigenvalue weighted by Crippen LogP contribution is 2.26. The zero-order valence-corrected chi connectivity index (χ0v) is 11.6. The summed E-state index contributed by atoms with van der Waals surface area (Å²) in [6, 6.07) is 7.75. The lowest BCUT2D eigenvalue weighted by molar-refractivity contribution is 0.0164. The summed E-state index contributed by atoms with van der Waals surface area (Å²) in [5.41, 5.74) is 0. The standard InChI is InChI=1S/C15H23NO3/c1-2-17-14-5-3-4-6-15(14)19-12-11-18-13-7-9-16-10-8-13/h3-6,13,16H,2,7-12H2,1H3. The highest BCUT2D eigenvalue weighted by molar-refractivity contribution is 5.39. The molecule has 19 heavy (non-hydrogen) atoms. The lowest BCUT2D eigenvalue weighted by Crippen LogP contribution is -2.33. The molecule has 0 bridgehead atoms. The van der Waals surface area contributed by atoms with Gasteiger partial charge in [-0.3, -0.25) is 0 Å². The average molecular weight is 265 g/mol. The lowest BCUT2D eigenvalue weighted by atomic mass is 10.1. The number of benzene rings is 1. The van der Waals surface area contributed by atoms with Crippen molar-refractivity contribution in [2.24, 2.45) is 0 Å². The van der Waals surface area contributed by atoms with Gasteiger partial charge in [-0.25, -0.2) is 0 Å². The van der Waals surface area contributed by atoms with Crippen LogP contribution in [0.25, 0.3) is 0 Å². The molecule has 0 amide bonds. The van der Waals surface area contributed by atoms with Gasteiger partial charge in [-0.15, -0.1) is 0 Å². The lowest BCUT2D eigenvalue weighted by Gasteiger charge is -2.23. The van der Waals surface area contributed by atoms with Crippen LogP contribution in [-0.4, -0.2) is 39.0 Å². The van der Waals surface area contributed by atoms with Crippen molar-refractivity contribution in [2.75, 3.05) is 32.9 Å². The third-order valence-corrected chi connectivity index (χ3v) is 3.13. The monoisotopic (exact) mass is 265 g/mol. The predicted molar refractivity (Wildman–Crippen MR) is 74.9 cm³/mol. The fourth-order valence-corrected chi connectivity index (χ4v) is 2.17. The van der Waals surface area contributed by atoms with E-state index in [9.17, 15) is 0 Å². The Morgan fingerprint density at radius 3 is 2.42 bits per heavy atom. The molecule has 1 aromatic rings. The first-order valence-corrected chi connectivity index (χ1v) is 7.07. The normalized spacial score (nSPS) is 16.3. The maximum absolute atomic E-state index is 5.80. The summed E-state index contributed by atoms with van der Waals surface area (Å²) >= 11 is 0. The van der Waals surface area contributed by atoms with Gasteiger partial charge in [0, 0.05) is 0 Å². The molecule has 1 fully saturated rings. The summed E-state index contributed by atoms with van der Waals surface area (Å²) in [6.45, 7) is 5.92. The van der Waals surface area contributed by atoms with Crippen LogP contribution in [0.3, 0.4) is 0 Å². The second-order valence-corrected chi connectivity index (χ2v) is 4.55. The van der Waals surface area contributed by atoms with Crippen LogP contribution in [0.2, 0.25) is 0 Å². The molecule has 0 spiro atoms. The molecule has 1 aromatic carbocycles. The Balaban J connectivity index is 1.70. The fourth-order valence-electron chi connectivity index (χ4n) is 2.17. The molecule has 0 aliphatic carbocycles. The van der Waals surface area contributed by atoms with E-state index in [1.807, 2.05) is 31.2 Å². The van der Waals surface area contributed by atoms with E-state index < -0.39 is 0 Å². The van der Waals surface area contributed by atoms with Crippen LogP contribution in [0.5, 0.6) is 11.5 Å². The van der Waals surface area contributed by atoms with Crippen molar-refractivity contribution < 1.29 is 14.2 Å². The van der Waals surface area contributed by atoms with E-state index in [1.54, 1.807) is 0 Å². The summed E-state index contributed by atoms with van der Waals surface area (Å²) < 4.78 is 17.0. The highest BCUT2D eigenvalue weighted by Gasteiger charge is 2.12. The Labute approximate surface area is 115 Å². The maximum atomic E-state index is 5.80. The number of rotatable bonds is 7. The van der Waals surface area contributed by atoms with Gasteiger partial charge in [0.2, 0.25) is 0 Å². The second-order valence-electron chi connectivity index (χ2n) is 4.55. The molecule has 4 nitrogen and oxygen atoms in total. The van der Waals surface area contributed by atoms with Gasteiger partial charge < -0.3 is 19.5 Å². The summed E-state index contributed by atoms with van der Waals surface area (Å²) in [7, 11) is 0. The van der Waals surface area contributed by atoms with E-state index in [-0.39, 0.29) is 0 Å². The van der Waals surface area contributed by atoms with E-state index in [0.717, 1.165) is 37.4 Å². The minimum absolute atomic E-state index is 0.381. The van der Waals surface area contributed by atoms with Crippen LogP contribution >= 0.6 is 0 Å². The number of nitrogens with one attached hydrogen (secondary N) is 1. The number of hydrogen-bond acceptors (Lipinski definition) is 4. The molecule has 0 aromatic heterocycles. The first-order chi connectivity index (χ1) is 9.40. The Bertz CT molecular complexity index is 364. The molecule has 1 heterocycles. The van der Waals surface area contributed by atoms with Crippen LogP contribution in [-0.2, 0) is 4.74 Å². The van der Waals surface area contributed by atoms with Gasteiger partial charge in [0.1, 0.15) is 6.61 Å². The molecule has 0 saturated carbocycles. The zero-order chi connectivity index (χ0) is 13.3. The number of ether oxygens (including phenoxy) is 3. The van der Waals surface area contributed by atoms with Crippen molar-refractivity contribution >= 4 is 0 Å². The molecule has 0 radical (unpaired) electrons. The van der Waals surface area contributed by atoms with E-state index in [0.29, 0.717) is 25.9 Å². The van der Waals surface area contributed by atoms with Crippen molar-refractivity contribution in [3.8, 4) is 11.5 Å². The molecular formula is C15H23NO3. The predicted octanol–water partition coefficient (Wildman–Crippen LogP) is 2.23. The Morgan fingerprint density at radius 1 is 1.05 bits per heavy atom. The third kappa shape index (κ3) is 4.73. The van der Waals surface area contributed by atoms with Gasteiger partial charge >= 0.3 is 0 Å². The highest BCUT2D eigenvalue weighted by atomic mass is 16.5. The van der Waals surface area contributed by atoms with Gasteiger partial charge in [-0.2, -0.15) is 0 Å². The topological polar surface area (TPSA) is 39.7 Å². The quantitative estimate of drug-likeness (QED) is 0.767. The van der Waals surface area contributed by atoms with Crippen molar-refractivity contribution in [3.05, 3.63) is 24.3 Å². The molecule has 0 unspecified atom stereocenters. The number of piperidine rings is 1. The van der Waals surface area contributed by atoms with Crippen molar-refractivity contribution in [3.63, 3.8) is 0 Å². The zero-order valence-electron chi connectivity index (χ0n) is 11.6. The van der Waals surface area contributed by atoms with E-state index in [1.165, 1.54) is 0 Å². The molecule has 1 N–H and O–H groups in total. The van der Waals surface area contributed by atoms with Crippen molar-refractivity contribution in [1.82, 2.24) is 5.32 Å². The molecule has 2 rings (SSSR count). The van der Waals surface area contributed by atoms with E-state index in [4.69, 9.17) is 14.2 Å². The summed E-state index contributed by atoms with van der Waals surface area (Å²) in [5, 5.41) is 3.32. The van der Waals surface area contributed by atoms with Gasteiger partial charge in [0.15, 0.2) is 11.5 Å². The minimum atomic E-state index is 0.381. The molecule has 106 valence electrons. The van der Waals surface area contributed by atoms with Crippen LogP contribution < -0.4 is 14.8 Å². The number of para-hydroxylation sites is 2. The Kier molecular flexibility index (Phi) is 5.98. The van der Waals surface area contributed by atoms with E-state index in [2.05, 4.69) is 5.32 Å². The molecule has 0 atom stereocenters. The minimum Gasteiger partial charge on any atom is -0.490 e. The SMILES string of the molecule is CCOc1ccccc1OCCOC1CCNCC1. The third-order valence-electron chi connectivity index (χ3n) is 3.13.